The van der Waals surface area contributed by atoms with E-state index in [1.807, 2.05) is 4.90 Å². The van der Waals surface area contributed by atoms with Gasteiger partial charge in [-0.2, -0.15) is 0 Å². The van der Waals surface area contributed by atoms with E-state index >= 15 is 0 Å². The summed E-state index contributed by atoms with van der Waals surface area (Å²) in [5.41, 5.74) is 0.615. The van der Waals surface area contributed by atoms with Gasteiger partial charge in [-0.25, -0.2) is 9.97 Å². The van der Waals surface area contributed by atoms with Crippen molar-refractivity contribution in [3.63, 3.8) is 0 Å². The van der Waals surface area contributed by atoms with E-state index in [4.69, 9.17) is 4.74 Å². The molecule has 132 valence electrons. The van der Waals surface area contributed by atoms with E-state index in [1.165, 1.54) is 6.33 Å². The normalized spacial score (nSPS) is 14.7. The van der Waals surface area contributed by atoms with Gasteiger partial charge >= 0.3 is 5.69 Å². The average molecular weight is 343 g/mol. The standard InChI is InChI=1S/C17H21N5O3/c1-25-14-8-6-13(7-9-14)20-16-15(22(23)24)17(19-12-18-16)21-10-4-2-3-5-11-21/h6-9,12H,2-5,10-11H2,1H3,(H,18,19,20). The number of nitro groups is 1. The lowest BCUT2D eigenvalue weighted by atomic mass is 10.2. The first kappa shape index (κ1) is 16.9. The molecule has 8 nitrogen and oxygen atoms in total. The third-order valence-electron chi connectivity index (χ3n) is 4.24. The molecule has 0 radical (unpaired) electrons. The van der Waals surface area contributed by atoms with Crippen LogP contribution in [0.5, 0.6) is 5.75 Å². The van der Waals surface area contributed by atoms with Crippen molar-refractivity contribution >= 4 is 23.0 Å². The molecular weight excluding hydrogens is 322 g/mol. The minimum absolute atomic E-state index is 0.0831. The highest BCUT2D eigenvalue weighted by Gasteiger charge is 2.27. The monoisotopic (exact) mass is 343 g/mol. The Balaban J connectivity index is 1.92. The predicted molar refractivity (Wildman–Crippen MR) is 95.6 cm³/mol. The number of nitrogens with zero attached hydrogens (tertiary/aromatic N) is 4. The Morgan fingerprint density at radius 3 is 2.40 bits per heavy atom. The molecule has 1 saturated heterocycles. The molecule has 0 spiro atoms. The number of hydrogen-bond donors (Lipinski definition) is 1. The molecule has 25 heavy (non-hydrogen) atoms. The van der Waals surface area contributed by atoms with Crippen LogP contribution in [0.1, 0.15) is 25.7 Å². The maximum absolute atomic E-state index is 11.7. The van der Waals surface area contributed by atoms with Crippen LogP contribution >= 0.6 is 0 Å². The fourth-order valence-electron chi connectivity index (χ4n) is 2.95. The maximum Gasteiger partial charge on any atom is 0.353 e. The molecule has 0 aliphatic carbocycles. The van der Waals surface area contributed by atoms with E-state index < -0.39 is 4.92 Å². The number of rotatable bonds is 5. The summed E-state index contributed by atoms with van der Waals surface area (Å²) < 4.78 is 5.12. The minimum Gasteiger partial charge on any atom is -0.497 e. The van der Waals surface area contributed by atoms with Crippen molar-refractivity contribution in [2.24, 2.45) is 0 Å². The molecule has 1 aromatic carbocycles. The van der Waals surface area contributed by atoms with Crippen LogP contribution in [-0.2, 0) is 0 Å². The summed E-state index contributed by atoms with van der Waals surface area (Å²) in [6, 6.07) is 7.14. The first-order valence-electron chi connectivity index (χ1n) is 8.34. The molecule has 0 unspecified atom stereocenters. The summed E-state index contributed by atoms with van der Waals surface area (Å²) in [7, 11) is 1.59. The second-order valence-electron chi connectivity index (χ2n) is 5.91. The van der Waals surface area contributed by atoms with E-state index in [0.717, 1.165) is 38.8 Å². The largest absolute Gasteiger partial charge is 0.497 e. The zero-order valence-corrected chi connectivity index (χ0v) is 14.1. The Bertz CT molecular complexity index is 728. The second-order valence-corrected chi connectivity index (χ2v) is 5.91. The summed E-state index contributed by atoms with van der Waals surface area (Å²) >= 11 is 0. The lowest BCUT2D eigenvalue weighted by Crippen LogP contribution is -2.26. The van der Waals surface area contributed by atoms with Crippen molar-refractivity contribution in [2.75, 3.05) is 30.4 Å². The summed E-state index contributed by atoms with van der Waals surface area (Å²) in [5.74, 6) is 1.30. The smallest absolute Gasteiger partial charge is 0.353 e. The average Bonchev–Trinajstić information content (AvgIpc) is 2.91. The number of benzene rings is 1. The molecule has 8 heteroatoms. The van der Waals surface area contributed by atoms with Crippen molar-refractivity contribution in [1.29, 1.82) is 0 Å². The van der Waals surface area contributed by atoms with Crippen molar-refractivity contribution in [3.8, 4) is 5.75 Å². The third-order valence-corrected chi connectivity index (χ3v) is 4.24. The SMILES string of the molecule is COc1ccc(Nc2ncnc(N3CCCCCC3)c2[N+](=O)[O-])cc1. The van der Waals surface area contributed by atoms with Crippen molar-refractivity contribution in [1.82, 2.24) is 9.97 Å². The molecule has 1 N–H and O–H groups in total. The summed E-state index contributed by atoms with van der Waals surface area (Å²) in [4.78, 5) is 21.6. The molecule has 2 aromatic rings. The lowest BCUT2D eigenvalue weighted by Gasteiger charge is -2.21. The van der Waals surface area contributed by atoms with Crippen LogP contribution in [0.4, 0.5) is 23.0 Å². The zero-order chi connectivity index (χ0) is 17.6. The van der Waals surface area contributed by atoms with Gasteiger partial charge in [-0.3, -0.25) is 10.1 Å². The van der Waals surface area contributed by atoms with Crippen molar-refractivity contribution < 1.29 is 9.66 Å². The zero-order valence-electron chi connectivity index (χ0n) is 14.1. The Labute approximate surface area is 146 Å². The van der Waals surface area contributed by atoms with Gasteiger partial charge in [-0.1, -0.05) is 12.8 Å². The van der Waals surface area contributed by atoms with Gasteiger partial charge in [-0.15, -0.1) is 0 Å². The first-order valence-corrected chi connectivity index (χ1v) is 8.34. The van der Waals surface area contributed by atoms with Gasteiger partial charge < -0.3 is 15.0 Å². The molecule has 2 heterocycles. The van der Waals surface area contributed by atoms with E-state index in [1.54, 1.807) is 31.4 Å². The molecule has 1 aliphatic heterocycles. The van der Waals surface area contributed by atoms with Gasteiger partial charge in [0.05, 0.1) is 12.0 Å². The Morgan fingerprint density at radius 1 is 1.12 bits per heavy atom. The molecule has 0 bridgehead atoms. The van der Waals surface area contributed by atoms with E-state index in [2.05, 4.69) is 15.3 Å². The second kappa shape index (κ2) is 7.78. The first-order chi connectivity index (χ1) is 12.2. The van der Waals surface area contributed by atoms with Crippen LogP contribution in [-0.4, -0.2) is 35.1 Å². The highest BCUT2D eigenvalue weighted by atomic mass is 16.6. The van der Waals surface area contributed by atoms with Gasteiger partial charge in [0.1, 0.15) is 12.1 Å². The van der Waals surface area contributed by atoms with Crippen LogP contribution in [0.3, 0.4) is 0 Å². The van der Waals surface area contributed by atoms with Crippen molar-refractivity contribution in [2.45, 2.75) is 25.7 Å². The maximum atomic E-state index is 11.7. The molecular formula is C17H21N5O3. The molecule has 0 saturated carbocycles. The third kappa shape index (κ3) is 3.96. The topological polar surface area (TPSA) is 93.4 Å². The summed E-state index contributed by atoms with van der Waals surface area (Å²) in [5, 5.41) is 14.7. The highest BCUT2D eigenvalue weighted by Crippen LogP contribution is 2.34. The molecule has 1 fully saturated rings. The predicted octanol–water partition coefficient (Wildman–Crippen LogP) is 3.52. The Hall–Kier alpha value is -2.90. The van der Waals surface area contributed by atoms with Crippen LogP contribution in [0.2, 0.25) is 0 Å². The van der Waals surface area contributed by atoms with Crippen LogP contribution in [0, 0.1) is 10.1 Å². The quantitative estimate of drug-likeness (QED) is 0.655. The van der Waals surface area contributed by atoms with Gasteiger partial charge in [0.2, 0.25) is 11.6 Å². The number of hydrogen-bond acceptors (Lipinski definition) is 7. The van der Waals surface area contributed by atoms with Crippen LogP contribution in [0.15, 0.2) is 30.6 Å². The van der Waals surface area contributed by atoms with Gasteiger partial charge in [0.15, 0.2) is 0 Å². The van der Waals surface area contributed by atoms with E-state index in [0.29, 0.717) is 17.3 Å². The number of nitrogens with one attached hydrogen (secondary N) is 1. The molecule has 0 atom stereocenters. The van der Waals surface area contributed by atoms with Crippen molar-refractivity contribution in [3.05, 3.63) is 40.7 Å². The van der Waals surface area contributed by atoms with Gasteiger partial charge in [0, 0.05) is 18.8 Å². The van der Waals surface area contributed by atoms with Gasteiger partial charge in [0.25, 0.3) is 0 Å². The Morgan fingerprint density at radius 2 is 1.80 bits per heavy atom. The minimum atomic E-state index is -0.411. The molecule has 1 aromatic heterocycles. The lowest BCUT2D eigenvalue weighted by molar-refractivity contribution is -0.383. The van der Waals surface area contributed by atoms with E-state index in [-0.39, 0.29) is 11.5 Å². The summed E-state index contributed by atoms with van der Waals surface area (Å²) in [6.45, 7) is 1.56. The number of ether oxygens (including phenoxy) is 1. The highest BCUT2D eigenvalue weighted by molar-refractivity contribution is 5.74. The molecule has 3 rings (SSSR count). The number of aromatic nitrogens is 2. The van der Waals surface area contributed by atoms with Crippen LogP contribution in [0.25, 0.3) is 0 Å². The summed E-state index contributed by atoms with van der Waals surface area (Å²) in [6.07, 6.45) is 5.70. The number of anilines is 3. The number of methoxy groups -OCH3 is 1. The fraction of sp³-hybridized carbons (Fsp3) is 0.412. The molecule has 1 aliphatic rings. The van der Waals surface area contributed by atoms with E-state index in [9.17, 15) is 10.1 Å². The van der Waals surface area contributed by atoms with Crippen LogP contribution < -0.4 is 15.0 Å². The fourth-order valence-corrected chi connectivity index (χ4v) is 2.95. The Kier molecular flexibility index (Phi) is 5.27. The van der Waals surface area contributed by atoms with Gasteiger partial charge in [-0.05, 0) is 37.1 Å². The molecule has 0 amide bonds.